The average molecular weight is 301 g/mol. The van der Waals surface area contributed by atoms with Gasteiger partial charge in [-0.3, -0.25) is 5.84 Å². The van der Waals surface area contributed by atoms with Crippen molar-refractivity contribution in [3.63, 3.8) is 0 Å². The minimum atomic E-state index is 0.756. The van der Waals surface area contributed by atoms with E-state index in [9.17, 15) is 0 Å². The summed E-state index contributed by atoms with van der Waals surface area (Å²) in [6.45, 7) is 0. The van der Waals surface area contributed by atoms with Crippen LogP contribution in [0.4, 0.5) is 5.69 Å². The van der Waals surface area contributed by atoms with Crippen molar-refractivity contribution in [2.45, 2.75) is 0 Å². The summed E-state index contributed by atoms with van der Waals surface area (Å²) in [7, 11) is 0. The number of halogens is 1. The van der Waals surface area contributed by atoms with Gasteiger partial charge >= 0.3 is 0 Å². The van der Waals surface area contributed by atoms with Gasteiger partial charge in [-0.05, 0) is 40.8 Å². The molecule has 14 heavy (non-hydrogen) atoms. The van der Waals surface area contributed by atoms with Crippen molar-refractivity contribution in [1.82, 2.24) is 4.98 Å². The van der Waals surface area contributed by atoms with E-state index in [1.54, 1.807) is 6.20 Å². The molecule has 0 aliphatic rings. The Hall–Kier alpha value is -1.08. The van der Waals surface area contributed by atoms with Crippen LogP contribution in [0.15, 0.2) is 35.2 Å². The molecule has 5 heteroatoms. The van der Waals surface area contributed by atoms with Crippen LogP contribution in [-0.2, 0) is 0 Å². The van der Waals surface area contributed by atoms with Crippen molar-refractivity contribution >= 4 is 28.3 Å². The summed E-state index contributed by atoms with van der Waals surface area (Å²) in [6.07, 6.45) is 3.10. The Bertz CT molecular complexity index is 428. The first kappa shape index (κ1) is 9.47. The SMILES string of the molecule is NNc1ccc(-c2cnco2)cc1I. The molecule has 3 N–H and O–H groups in total. The third-order valence-electron chi connectivity index (χ3n) is 1.84. The Balaban J connectivity index is 2.43. The van der Waals surface area contributed by atoms with E-state index in [2.05, 4.69) is 33.0 Å². The normalized spacial score (nSPS) is 10.1. The molecule has 0 aliphatic carbocycles. The minimum absolute atomic E-state index is 0.756. The number of aromatic nitrogens is 1. The van der Waals surface area contributed by atoms with Crippen molar-refractivity contribution in [3.8, 4) is 11.3 Å². The summed E-state index contributed by atoms with van der Waals surface area (Å²) in [4.78, 5) is 3.86. The van der Waals surface area contributed by atoms with Crippen LogP contribution < -0.4 is 11.3 Å². The lowest BCUT2D eigenvalue weighted by molar-refractivity contribution is 0.572. The number of benzene rings is 1. The highest BCUT2D eigenvalue weighted by Crippen LogP contribution is 2.25. The first-order valence-corrected chi connectivity index (χ1v) is 5.04. The van der Waals surface area contributed by atoms with Crippen molar-refractivity contribution in [3.05, 3.63) is 34.4 Å². The third kappa shape index (κ3) is 1.73. The Morgan fingerprint density at radius 3 is 2.86 bits per heavy atom. The monoisotopic (exact) mass is 301 g/mol. The zero-order chi connectivity index (χ0) is 9.97. The number of nitrogen functional groups attached to an aromatic ring is 1. The maximum atomic E-state index is 5.33. The lowest BCUT2D eigenvalue weighted by Gasteiger charge is -2.04. The number of anilines is 1. The molecular weight excluding hydrogens is 293 g/mol. The largest absolute Gasteiger partial charge is 0.444 e. The molecule has 0 spiro atoms. The lowest BCUT2D eigenvalue weighted by Crippen LogP contribution is -2.07. The van der Waals surface area contributed by atoms with Gasteiger partial charge in [0, 0.05) is 9.13 Å². The van der Waals surface area contributed by atoms with Gasteiger partial charge in [0.25, 0.3) is 0 Å². The molecule has 4 nitrogen and oxygen atoms in total. The van der Waals surface area contributed by atoms with Crippen LogP contribution in [-0.4, -0.2) is 4.98 Å². The quantitative estimate of drug-likeness (QED) is 0.507. The molecule has 1 aromatic carbocycles. The summed E-state index contributed by atoms with van der Waals surface area (Å²) in [6, 6.07) is 5.81. The van der Waals surface area contributed by atoms with Gasteiger partial charge in [0.05, 0.1) is 11.9 Å². The predicted molar refractivity (Wildman–Crippen MR) is 62.5 cm³/mol. The number of hydrogen-bond acceptors (Lipinski definition) is 4. The standard InChI is InChI=1S/C9H8IN3O/c10-7-3-6(1-2-8(7)13-11)9-4-12-5-14-9/h1-5,13H,11H2. The van der Waals surface area contributed by atoms with Gasteiger partial charge in [0.2, 0.25) is 0 Å². The third-order valence-corrected chi connectivity index (χ3v) is 2.73. The van der Waals surface area contributed by atoms with Crippen molar-refractivity contribution < 1.29 is 4.42 Å². The topological polar surface area (TPSA) is 64.1 Å². The Labute approximate surface area is 94.6 Å². The van der Waals surface area contributed by atoms with Crippen LogP contribution in [0, 0.1) is 3.57 Å². The second-order valence-electron chi connectivity index (χ2n) is 2.70. The molecule has 0 atom stereocenters. The molecule has 1 heterocycles. The van der Waals surface area contributed by atoms with Crippen molar-refractivity contribution in [1.29, 1.82) is 0 Å². The number of hydrazine groups is 1. The number of nitrogens with two attached hydrogens (primary N) is 1. The van der Waals surface area contributed by atoms with Crippen LogP contribution >= 0.6 is 22.6 Å². The smallest absolute Gasteiger partial charge is 0.181 e. The molecule has 1 aromatic heterocycles. The first-order valence-electron chi connectivity index (χ1n) is 3.96. The second kappa shape index (κ2) is 3.97. The molecule has 0 radical (unpaired) electrons. The van der Waals surface area contributed by atoms with Gasteiger partial charge in [-0.1, -0.05) is 0 Å². The fourth-order valence-electron chi connectivity index (χ4n) is 1.14. The van der Waals surface area contributed by atoms with Crippen LogP contribution in [0.25, 0.3) is 11.3 Å². The number of nitrogens with zero attached hydrogens (tertiary/aromatic N) is 1. The molecule has 0 saturated carbocycles. The van der Waals surface area contributed by atoms with Crippen LogP contribution in [0.2, 0.25) is 0 Å². The maximum Gasteiger partial charge on any atom is 0.181 e. The van der Waals surface area contributed by atoms with Gasteiger partial charge in [-0.15, -0.1) is 0 Å². The maximum absolute atomic E-state index is 5.33. The van der Waals surface area contributed by atoms with E-state index >= 15 is 0 Å². The van der Waals surface area contributed by atoms with E-state index in [-0.39, 0.29) is 0 Å². The van der Waals surface area contributed by atoms with Gasteiger partial charge in [-0.25, -0.2) is 4.98 Å². The summed E-state index contributed by atoms with van der Waals surface area (Å²) in [5.41, 5.74) is 4.50. The molecule has 72 valence electrons. The van der Waals surface area contributed by atoms with Crippen LogP contribution in [0.5, 0.6) is 0 Å². The molecule has 0 unspecified atom stereocenters. The molecule has 0 amide bonds. The van der Waals surface area contributed by atoms with E-state index in [0.717, 1.165) is 20.6 Å². The van der Waals surface area contributed by atoms with Crippen molar-refractivity contribution in [2.24, 2.45) is 5.84 Å². The highest BCUT2D eigenvalue weighted by molar-refractivity contribution is 14.1. The summed E-state index contributed by atoms with van der Waals surface area (Å²) in [5, 5.41) is 0. The fourth-order valence-corrected chi connectivity index (χ4v) is 1.81. The van der Waals surface area contributed by atoms with E-state index in [1.807, 2.05) is 18.2 Å². The Morgan fingerprint density at radius 1 is 1.43 bits per heavy atom. The molecule has 0 saturated heterocycles. The molecule has 2 rings (SSSR count). The Morgan fingerprint density at radius 2 is 2.29 bits per heavy atom. The van der Waals surface area contributed by atoms with Gasteiger partial charge in [-0.2, -0.15) is 0 Å². The second-order valence-corrected chi connectivity index (χ2v) is 3.87. The molecular formula is C9H8IN3O. The summed E-state index contributed by atoms with van der Waals surface area (Å²) >= 11 is 2.21. The minimum Gasteiger partial charge on any atom is -0.444 e. The van der Waals surface area contributed by atoms with E-state index in [0.29, 0.717) is 0 Å². The molecule has 0 bridgehead atoms. The number of hydrogen-bond donors (Lipinski definition) is 2. The van der Waals surface area contributed by atoms with E-state index in [4.69, 9.17) is 10.3 Å². The summed E-state index contributed by atoms with van der Waals surface area (Å²) in [5.74, 6) is 6.08. The summed E-state index contributed by atoms with van der Waals surface area (Å²) < 4.78 is 6.22. The fraction of sp³-hybridized carbons (Fsp3) is 0. The highest BCUT2D eigenvalue weighted by Gasteiger charge is 2.04. The van der Waals surface area contributed by atoms with Crippen LogP contribution in [0.3, 0.4) is 0 Å². The molecule has 0 aliphatic heterocycles. The average Bonchev–Trinajstić information content (AvgIpc) is 2.70. The lowest BCUT2D eigenvalue weighted by atomic mass is 10.2. The highest BCUT2D eigenvalue weighted by atomic mass is 127. The number of rotatable bonds is 2. The van der Waals surface area contributed by atoms with Crippen LogP contribution in [0.1, 0.15) is 0 Å². The number of oxazole rings is 1. The Kier molecular flexibility index (Phi) is 2.69. The van der Waals surface area contributed by atoms with E-state index < -0.39 is 0 Å². The zero-order valence-corrected chi connectivity index (χ0v) is 9.36. The van der Waals surface area contributed by atoms with Gasteiger partial charge in [0.15, 0.2) is 12.2 Å². The van der Waals surface area contributed by atoms with Gasteiger partial charge < -0.3 is 9.84 Å². The predicted octanol–water partition coefficient (Wildman–Crippen LogP) is 2.23. The zero-order valence-electron chi connectivity index (χ0n) is 7.20. The molecule has 0 fully saturated rings. The van der Waals surface area contributed by atoms with E-state index in [1.165, 1.54) is 6.39 Å². The van der Waals surface area contributed by atoms with Crippen molar-refractivity contribution in [2.75, 3.05) is 5.43 Å². The first-order chi connectivity index (χ1) is 6.81. The molecule has 2 aromatic rings. The van der Waals surface area contributed by atoms with Gasteiger partial charge in [0.1, 0.15) is 0 Å². The number of nitrogens with one attached hydrogen (secondary N) is 1.